The fourth-order valence-electron chi connectivity index (χ4n) is 3.47. The van der Waals surface area contributed by atoms with E-state index < -0.39 is 0 Å². The second kappa shape index (κ2) is 5.77. The average molecular weight is 313 g/mol. The van der Waals surface area contributed by atoms with Gasteiger partial charge in [-0.05, 0) is 24.5 Å². The van der Waals surface area contributed by atoms with Gasteiger partial charge in [0.25, 0.3) is 0 Å². The zero-order valence-electron chi connectivity index (χ0n) is 13.1. The Labute approximate surface area is 134 Å². The third kappa shape index (κ3) is 2.53. The molecule has 6 nitrogen and oxygen atoms in total. The fraction of sp³-hybridized carbons (Fsp3) is 0.471. The van der Waals surface area contributed by atoms with E-state index in [-0.39, 0.29) is 17.9 Å². The minimum Gasteiger partial charge on any atom is -0.381 e. The first-order chi connectivity index (χ1) is 11.2. The lowest BCUT2D eigenvalue weighted by Crippen LogP contribution is -2.30. The summed E-state index contributed by atoms with van der Waals surface area (Å²) >= 11 is 0. The Hall–Kier alpha value is -2.21. The van der Waals surface area contributed by atoms with E-state index in [0.717, 1.165) is 43.7 Å². The van der Waals surface area contributed by atoms with Crippen LogP contribution in [0.3, 0.4) is 0 Å². The molecule has 23 heavy (non-hydrogen) atoms. The molecule has 1 unspecified atom stereocenters. The highest BCUT2D eigenvalue weighted by Gasteiger charge is 2.36. The van der Waals surface area contributed by atoms with Crippen molar-refractivity contribution < 1.29 is 14.1 Å². The summed E-state index contributed by atoms with van der Waals surface area (Å²) in [4.78, 5) is 18.5. The SMILES string of the molecule is CC(=O)N1c2ccccc2CC1c1noc(C2CCOCC2)n1. The van der Waals surface area contributed by atoms with Gasteiger partial charge in [-0.1, -0.05) is 23.4 Å². The highest BCUT2D eigenvalue weighted by molar-refractivity contribution is 5.94. The molecule has 1 saturated heterocycles. The second-order valence-electron chi connectivity index (χ2n) is 6.12. The summed E-state index contributed by atoms with van der Waals surface area (Å²) in [5.41, 5.74) is 2.09. The van der Waals surface area contributed by atoms with Gasteiger partial charge < -0.3 is 14.2 Å². The molecule has 0 spiro atoms. The number of benzene rings is 1. The fourth-order valence-corrected chi connectivity index (χ4v) is 3.47. The third-order valence-corrected chi connectivity index (χ3v) is 4.64. The zero-order chi connectivity index (χ0) is 15.8. The summed E-state index contributed by atoms with van der Waals surface area (Å²) in [5, 5.41) is 4.17. The largest absolute Gasteiger partial charge is 0.381 e. The van der Waals surface area contributed by atoms with Crippen LogP contribution in [0.15, 0.2) is 28.8 Å². The van der Waals surface area contributed by atoms with E-state index >= 15 is 0 Å². The molecule has 2 aliphatic heterocycles. The summed E-state index contributed by atoms with van der Waals surface area (Å²) in [6.07, 6.45) is 2.54. The van der Waals surface area contributed by atoms with Crippen molar-refractivity contribution in [2.24, 2.45) is 0 Å². The molecule has 0 saturated carbocycles. The Morgan fingerprint density at radius 1 is 1.26 bits per heavy atom. The lowest BCUT2D eigenvalue weighted by Gasteiger charge is -2.21. The van der Waals surface area contributed by atoms with Crippen molar-refractivity contribution in [3.63, 3.8) is 0 Å². The number of amides is 1. The van der Waals surface area contributed by atoms with E-state index in [1.54, 1.807) is 11.8 Å². The maximum atomic E-state index is 12.1. The number of aromatic nitrogens is 2. The van der Waals surface area contributed by atoms with Crippen LogP contribution in [0, 0.1) is 0 Å². The van der Waals surface area contributed by atoms with E-state index in [4.69, 9.17) is 9.26 Å². The smallest absolute Gasteiger partial charge is 0.230 e. The standard InChI is InChI=1S/C17H19N3O3/c1-11(21)20-14-5-3-2-4-13(14)10-15(20)16-18-17(23-19-16)12-6-8-22-9-7-12/h2-5,12,15H,6-10H2,1H3. The van der Waals surface area contributed by atoms with Crippen molar-refractivity contribution in [2.45, 2.75) is 38.1 Å². The maximum Gasteiger partial charge on any atom is 0.230 e. The molecule has 0 aliphatic carbocycles. The van der Waals surface area contributed by atoms with Crippen LogP contribution in [-0.4, -0.2) is 29.3 Å². The molecular weight excluding hydrogens is 294 g/mol. The van der Waals surface area contributed by atoms with Crippen molar-refractivity contribution in [3.8, 4) is 0 Å². The number of hydrogen-bond acceptors (Lipinski definition) is 5. The van der Waals surface area contributed by atoms with Crippen LogP contribution in [0.2, 0.25) is 0 Å². The number of carbonyl (C=O) groups is 1. The van der Waals surface area contributed by atoms with E-state index in [9.17, 15) is 4.79 Å². The lowest BCUT2D eigenvalue weighted by atomic mass is 10.0. The number of hydrogen-bond donors (Lipinski definition) is 0. The topological polar surface area (TPSA) is 68.5 Å². The summed E-state index contributed by atoms with van der Waals surface area (Å²) in [7, 11) is 0. The molecule has 0 radical (unpaired) electrons. The molecule has 1 amide bonds. The van der Waals surface area contributed by atoms with Crippen LogP contribution >= 0.6 is 0 Å². The van der Waals surface area contributed by atoms with Crippen LogP contribution in [-0.2, 0) is 16.0 Å². The molecule has 0 N–H and O–H groups in total. The molecule has 6 heteroatoms. The van der Waals surface area contributed by atoms with Crippen LogP contribution in [0.4, 0.5) is 5.69 Å². The molecule has 4 rings (SSSR count). The lowest BCUT2D eigenvalue weighted by molar-refractivity contribution is -0.117. The third-order valence-electron chi connectivity index (χ3n) is 4.64. The molecule has 2 aromatic rings. The Kier molecular flexibility index (Phi) is 3.61. The maximum absolute atomic E-state index is 12.1. The molecule has 120 valence electrons. The first-order valence-corrected chi connectivity index (χ1v) is 8.03. The van der Waals surface area contributed by atoms with E-state index in [2.05, 4.69) is 10.1 Å². The van der Waals surface area contributed by atoms with Crippen LogP contribution in [0.1, 0.15) is 49.0 Å². The number of anilines is 1. The summed E-state index contributed by atoms with van der Waals surface area (Å²) < 4.78 is 10.9. The van der Waals surface area contributed by atoms with Gasteiger partial charge in [-0.3, -0.25) is 4.79 Å². The normalized spacial score (nSPS) is 21.4. The van der Waals surface area contributed by atoms with Crippen LogP contribution < -0.4 is 4.90 Å². The van der Waals surface area contributed by atoms with Crippen LogP contribution in [0.5, 0.6) is 0 Å². The Bertz CT molecular complexity index is 721. The molecule has 2 aliphatic rings. The molecule has 0 bridgehead atoms. The van der Waals surface area contributed by atoms with E-state index in [1.807, 2.05) is 24.3 Å². The first kappa shape index (κ1) is 14.4. The van der Waals surface area contributed by atoms with Crippen molar-refractivity contribution in [2.75, 3.05) is 18.1 Å². The molecule has 1 atom stereocenters. The van der Waals surface area contributed by atoms with E-state index in [0.29, 0.717) is 11.7 Å². The first-order valence-electron chi connectivity index (χ1n) is 8.03. The van der Waals surface area contributed by atoms with E-state index in [1.165, 1.54) is 0 Å². The Morgan fingerprint density at radius 3 is 2.83 bits per heavy atom. The van der Waals surface area contributed by atoms with Gasteiger partial charge in [-0.15, -0.1) is 0 Å². The second-order valence-corrected chi connectivity index (χ2v) is 6.12. The van der Waals surface area contributed by atoms with Gasteiger partial charge in [0.05, 0.1) is 0 Å². The predicted octanol–water partition coefficient (Wildman–Crippen LogP) is 2.61. The molecule has 1 aromatic heterocycles. The molecule has 1 fully saturated rings. The minimum atomic E-state index is -0.178. The predicted molar refractivity (Wildman–Crippen MR) is 83.1 cm³/mol. The number of fused-ring (bicyclic) bond motifs is 1. The van der Waals surface area contributed by atoms with Gasteiger partial charge in [-0.25, -0.2) is 0 Å². The molecule has 1 aromatic carbocycles. The number of nitrogens with zero attached hydrogens (tertiary/aromatic N) is 3. The molecular formula is C17H19N3O3. The minimum absolute atomic E-state index is 0.00244. The Morgan fingerprint density at radius 2 is 2.04 bits per heavy atom. The average Bonchev–Trinajstić information content (AvgIpc) is 3.20. The van der Waals surface area contributed by atoms with Gasteiger partial charge in [0.15, 0.2) is 5.82 Å². The van der Waals surface area contributed by atoms with Crippen LogP contribution in [0.25, 0.3) is 0 Å². The van der Waals surface area contributed by atoms with Gasteiger partial charge in [0.2, 0.25) is 11.8 Å². The molecule has 3 heterocycles. The van der Waals surface area contributed by atoms with Crippen molar-refractivity contribution in [3.05, 3.63) is 41.5 Å². The van der Waals surface area contributed by atoms with Gasteiger partial charge in [-0.2, -0.15) is 4.98 Å². The number of rotatable bonds is 2. The van der Waals surface area contributed by atoms with Gasteiger partial charge >= 0.3 is 0 Å². The van der Waals surface area contributed by atoms with Crippen molar-refractivity contribution in [1.29, 1.82) is 0 Å². The summed E-state index contributed by atoms with van der Waals surface area (Å²) in [6, 6.07) is 7.77. The monoisotopic (exact) mass is 313 g/mol. The zero-order valence-corrected chi connectivity index (χ0v) is 13.1. The summed E-state index contributed by atoms with van der Waals surface area (Å²) in [6.45, 7) is 3.04. The van der Waals surface area contributed by atoms with Gasteiger partial charge in [0.1, 0.15) is 6.04 Å². The highest BCUT2D eigenvalue weighted by Crippen LogP contribution is 2.39. The summed E-state index contributed by atoms with van der Waals surface area (Å²) in [5.74, 6) is 1.53. The van der Waals surface area contributed by atoms with Crippen molar-refractivity contribution in [1.82, 2.24) is 10.1 Å². The number of ether oxygens (including phenoxy) is 1. The number of para-hydroxylation sites is 1. The highest BCUT2D eigenvalue weighted by atomic mass is 16.5. The van der Waals surface area contributed by atoms with Crippen molar-refractivity contribution >= 4 is 11.6 Å². The quantitative estimate of drug-likeness (QED) is 0.852. The number of carbonyl (C=O) groups excluding carboxylic acids is 1. The van der Waals surface area contributed by atoms with Gasteiger partial charge in [0, 0.05) is 38.2 Å². The Balaban J connectivity index is 1.63.